The Morgan fingerprint density at radius 1 is 1.28 bits per heavy atom. The molecule has 1 aliphatic heterocycles. The molecule has 8 nitrogen and oxygen atoms in total. The van der Waals surface area contributed by atoms with Crippen molar-refractivity contribution >= 4 is 24.0 Å². The fourth-order valence-electron chi connectivity index (χ4n) is 3.07. The fraction of sp³-hybridized carbons (Fsp3) is 0.833. The van der Waals surface area contributed by atoms with Gasteiger partial charge in [0.15, 0.2) is 0 Å². The van der Waals surface area contributed by atoms with E-state index in [1.807, 2.05) is 7.85 Å². The molecule has 4 atom stereocenters. The lowest BCUT2D eigenvalue weighted by Gasteiger charge is -2.40. The van der Waals surface area contributed by atoms with Crippen molar-refractivity contribution in [2.45, 2.75) is 77.3 Å². The maximum atomic E-state index is 12.4. The van der Waals surface area contributed by atoms with Gasteiger partial charge in [-0.15, -0.1) is 0 Å². The second kappa shape index (κ2) is 13.2. The topological polar surface area (TPSA) is 90.3 Å². The molecule has 0 N–H and O–H groups in total. The normalized spacial score (nSPS) is 24.5. The van der Waals surface area contributed by atoms with E-state index in [1.165, 1.54) is 20.0 Å². The highest BCUT2D eigenvalue weighted by molar-refractivity contribution is 7.57. The van der Waals surface area contributed by atoms with Crippen LogP contribution in [0.3, 0.4) is 0 Å². The number of hydrogen-bond donors (Lipinski definition) is 0. The van der Waals surface area contributed by atoms with Gasteiger partial charge in [0.2, 0.25) is 0 Å². The minimum Gasteiger partial charge on any atom is -0.377 e. The summed E-state index contributed by atoms with van der Waals surface area (Å²) in [5, 5.41) is 8.87. The van der Waals surface area contributed by atoms with Crippen LogP contribution >= 0.6 is 16.1 Å². The Morgan fingerprint density at radius 2 is 1.90 bits per heavy atom. The van der Waals surface area contributed by atoms with Crippen molar-refractivity contribution in [2.75, 3.05) is 20.8 Å². The zero-order valence-electron chi connectivity index (χ0n) is 18.6. The molecule has 1 heterocycles. The lowest BCUT2D eigenvalue weighted by atomic mass is 9.89. The van der Waals surface area contributed by atoms with Crippen LogP contribution in [0.15, 0.2) is 11.9 Å². The summed E-state index contributed by atoms with van der Waals surface area (Å²) < 4.78 is 43.0. The van der Waals surface area contributed by atoms with Gasteiger partial charge in [0.25, 0.3) is 8.53 Å². The van der Waals surface area contributed by atoms with Crippen molar-refractivity contribution in [1.29, 1.82) is 5.26 Å². The molecule has 0 saturated carbocycles. The monoisotopic (exact) mass is 448 g/mol. The summed E-state index contributed by atoms with van der Waals surface area (Å²) in [6.07, 6.45) is 2.97. The van der Waals surface area contributed by atoms with Crippen molar-refractivity contribution < 1.29 is 27.4 Å². The van der Waals surface area contributed by atoms with Crippen molar-refractivity contribution in [2.24, 2.45) is 0 Å². The van der Waals surface area contributed by atoms with Crippen LogP contribution in [-0.2, 0) is 27.4 Å². The Hall–Kier alpha value is -0.285. The molecule has 166 valence electrons. The van der Waals surface area contributed by atoms with Gasteiger partial charge in [-0.3, -0.25) is 4.57 Å². The van der Waals surface area contributed by atoms with Crippen LogP contribution in [0.4, 0.5) is 0 Å². The van der Waals surface area contributed by atoms with Gasteiger partial charge in [0.1, 0.15) is 14.0 Å². The van der Waals surface area contributed by atoms with Crippen molar-refractivity contribution in [3.63, 3.8) is 0 Å². The standard InChI is InChI=1S/C18H35BN2O6P2/c1-14(2)21(15(3)4)28(25-12-7-11-20)27-17-8-9-18(19)26-16(17)10-13-29(22,23-5)24-6/h10,13-18H,7-9,12,19H2,1-6H3/b13-10+. The van der Waals surface area contributed by atoms with Crippen LogP contribution in [0, 0.1) is 11.3 Å². The van der Waals surface area contributed by atoms with Crippen molar-refractivity contribution in [3.8, 4) is 6.07 Å². The van der Waals surface area contributed by atoms with Crippen LogP contribution in [0.2, 0.25) is 0 Å². The number of rotatable bonds is 12. The van der Waals surface area contributed by atoms with Crippen molar-refractivity contribution in [3.05, 3.63) is 11.9 Å². The predicted octanol–water partition coefficient (Wildman–Crippen LogP) is 3.79. The number of hydrogen-bond acceptors (Lipinski definition) is 8. The molecule has 4 unspecified atom stereocenters. The molecular weight excluding hydrogens is 413 g/mol. The molecule has 0 aromatic carbocycles. The second-order valence-electron chi connectivity index (χ2n) is 7.43. The first-order valence-corrected chi connectivity index (χ1v) is 12.7. The highest BCUT2D eigenvalue weighted by atomic mass is 31.2. The van der Waals surface area contributed by atoms with E-state index in [-0.39, 0.29) is 24.2 Å². The van der Waals surface area contributed by atoms with Gasteiger partial charge in [0, 0.05) is 38.1 Å². The molecule has 0 aromatic heterocycles. The summed E-state index contributed by atoms with van der Waals surface area (Å²) in [4.78, 5) is 0. The number of nitrogens with zero attached hydrogens (tertiary/aromatic N) is 2. The first-order chi connectivity index (χ1) is 13.7. The quantitative estimate of drug-likeness (QED) is 0.253. The lowest BCUT2D eigenvalue weighted by molar-refractivity contribution is -0.0588. The smallest absolute Gasteiger partial charge is 0.353 e. The third-order valence-electron chi connectivity index (χ3n) is 4.47. The molecular formula is C18H35BN2O6P2. The van der Waals surface area contributed by atoms with Crippen LogP contribution in [0.25, 0.3) is 0 Å². The summed E-state index contributed by atoms with van der Waals surface area (Å²) in [5.41, 5.74) is 0. The second-order valence-corrected chi connectivity index (χ2v) is 10.9. The van der Waals surface area contributed by atoms with Crippen LogP contribution < -0.4 is 0 Å². The minimum atomic E-state index is -3.29. The van der Waals surface area contributed by atoms with E-state index >= 15 is 0 Å². The zero-order valence-corrected chi connectivity index (χ0v) is 20.4. The third-order valence-corrected chi connectivity index (χ3v) is 8.18. The van der Waals surface area contributed by atoms with Gasteiger partial charge in [-0.1, -0.05) is 0 Å². The Morgan fingerprint density at radius 3 is 2.41 bits per heavy atom. The average molecular weight is 448 g/mol. The van der Waals surface area contributed by atoms with Crippen LogP contribution in [-0.4, -0.2) is 63.6 Å². The molecule has 1 saturated heterocycles. The van der Waals surface area contributed by atoms with Crippen molar-refractivity contribution in [1.82, 2.24) is 4.67 Å². The molecule has 0 amide bonds. The van der Waals surface area contributed by atoms with Gasteiger partial charge in [-0.25, -0.2) is 4.67 Å². The van der Waals surface area contributed by atoms with Gasteiger partial charge in [-0.05, 0) is 46.6 Å². The van der Waals surface area contributed by atoms with E-state index in [0.717, 1.165) is 12.8 Å². The number of nitriles is 1. The summed E-state index contributed by atoms with van der Waals surface area (Å²) in [6.45, 7) is 8.69. The van der Waals surface area contributed by atoms with Gasteiger partial charge >= 0.3 is 7.60 Å². The van der Waals surface area contributed by atoms with Gasteiger partial charge in [-0.2, -0.15) is 5.26 Å². The highest BCUT2D eigenvalue weighted by Gasteiger charge is 2.36. The first kappa shape index (κ1) is 26.7. The SMILES string of the molecule is BC1CCC(OP(OCCC#N)N(C(C)C)C(C)C)C(/C=C/P(=O)(OC)OC)O1. The largest absolute Gasteiger partial charge is 0.377 e. The van der Waals surface area contributed by atoms with E-state index in [4.69, 9.17) is 28.1 Å². The molecule has 29 heavy (non-hydrogen) atoms. The van der Waals surface area contributed by atoms with Crippen LogP contribution in [0.5, 0.6) is 0 Å². The molecule has 0 aliphatic carbocycles. The molecule has 0 aromatic rings. The van der Waals surface area contributed by atoms with E-state index in [1.54, 1.807) is 6.08 Å². The summed E-state index contributed by atoms with van der Waals surface area (Å²) in [5.74, 6) is 1.42. The zero-order chi connectivity index (χ0) is 22.0. The Labute approximate surface area is 177 Å². The lowest BCUT2D eigenvalue weighted by Crippen LogP contribution is -2.41. The molecule has 1 fully saturated rings. The number of ether oxygens (including phenoxy) is 1. The van der Waals surface area contributed by atoms with Gasteiger partial charge < -0.3 is 22.8 Å². The average Bonchev–Trinajstić information content (AvgIpc) is 2.67. The molecule has 1 aliphatic rings. The van der Waals surface area contributed by atoms with Crippen LogP contribution in [0.1, 0.15) is 47.0 Å². The maximum absolute atomic E-state index is 12.4. The summed E-state index contributed by atoms with van der Waals surface area (Å²) in [7, 11) is 0.0188. The van der Waals surface area contributed by atoms with E-state index in [2.05, 4.69) is 38.4 Å². The Bertz CT molecular complexity index is 585. The van der Waals surface area contributed by atoms with E-state index in [9.17, 15) is 4.57 Å². The molecule has 0 bridgehead atoms. The van der Waals surface area contributed by atoms with E-state index in [0.29, 0.717) is 13.0 Å². The summed E-state index contributed by atoms with van der Waals surface area (Å²) >= 11 is 0. The fourth-order valence-corrected chi connectivity index (χ4v) is 5.60. The Balaban J connectivity index is 3.03. The highest BCUT2D eigenvalue weighted by Crippen LogP contribution is 2.50. The summed E-state index contributed by atoms with van der Waals surface area (Å²) in [6, 6.07) is 2.59. The minimum absolute atomic E-state index is 0.0611. The molecule has 0 radical (unpaired) electrons. The Kier molecular flexibility index (Phi) is 12.2. The third kappa shape index (κ3) is 8.77. The molecule has 1 rings (SSSR count). The maximum Gasteiger partial charge on any atom is 0.353 e. The predicted molar refractivity (Wildman–Crippen MR) is 117 cm³/mol. The first-order valence-electron chi connectivity index (χ1n) is 9.98. The van der Waals surface area contributed by atoms with E-state index < -0.39 is 22.2 Å². The van der Waals surface area contributed by atoms with Gasteiger partial charge in [0.05, 0.1) is 25.2 Å². The molecule has 0 spiro atoms. The molecule has 11 heteroatoms.